The Bertz CT molecular complexity index is 859. The number of carbonyl (C=O) groups is 1. The lowest BCUT2D eigenvalue weighted by Crippen LogP contribution is -2.05. The van der Waals surface area contributed by atoms with Gasteiger partial charge in [0.1, 0.15) is 17.2 Å². The first-order valence-corrected chi connectivity index (χ1v) is 9.31. The molecule has 0 amide bonds. The van der Waals surface area contributed by atoms with E-state index in [1.165, 1.54) is 26.4 Å². The van der Waals surface area contributed by atoms with Crippen molar-refractivity contribution in [1.29, 1.82) is 0 Å². The van der Waals surface area contributed by atoms with Crippen molar-refractivity contribution in [2.45, 2.75) is 0 Å². The van der Waals surface area contributed by atoms with Crippen LogP contribution in [0.25, 0.3) is 11.1 Å². The van der Waals surface area contributed by atoms with Gasteiger partial charge in [0.2, 0.25) is 0 Å². The summed E-state index contributed by atoms with van der Waals surface area (Å²) in [4.78, 5) is 11.4. The van der Waals surface area contributed by atoms with Crippen LogP contribution < -0.4 is 13.7 Å². The summed E-state index contributed by atoms with van der Waals surface area (Å²) in [5.41, 5.74) is 1.66. The average molecular weight is 415 g/mol. The lowest BCUT2D eigenvalue weighted by molar-refractivity contribution is 0.111. The van der Waals surface area contributed by atoms with Crippen LogP contribution in [0.2, 0.25) is 0 Å². The van der Waals surface area contributed by atoms with Gasteiger partial charge in [-0.3, -0.25) is 4.79 Å². The summed E-state index contributed by atoms with van der Waals surface area (Å²) in [7, 11) is -0.633. The van der Waals surface area contributed by atoms with Crippen molar-refractivity contribution in [3.8, 4) is 28.4 Å². The fourth-order valence-electron chi connectivity index (χ4n) is 2.19. The first-order valence-electron chi connectivity index (χ1n) is 6.70. The van der Waals surface area contributed by atoms with Crippen molar-refractivity contribution in [3.05, 3.63) is 40.4 Å². The third-order valence-electron chi connectivity index (χ3n) is 3.17. The minimum atomic E-state index is -3.59. The molecular formula is C16H15BrO6S. The van der Waals surface area contributed by atoms with E-state index in [4.69, 9.17) is 13.7 Å². The molecule has 0 N–H and O–H groups in total. The third-order valence-corrected chi connectivity index (χ3v) is 4.49. The molecule has 24 heavy (non-hydrogen) atoms. The summed E-state index contributed by atoms with van der Waals surface area (Å²) in [5.74, 6) is 1.05. The topological polar surface area (TPSA) is 78.9 Å². The maximum absolute atomic E-state index is 11.4. The summed E-state index contributed by atoms with van der Waals surface area (Å²) in [6.45, 7) is 0. The van der Waals surface area contributed by atoms with Gasteiger partial charge in [0.25, 0.3) is 0 Å². The molecule has 128 valence electrons. The van der Waals surface area contributed by atoms with Gasteiger partial charge in [0, 0.05) is 5.56 Å². The number of hydrogen-bond acceptors (Lipinski definition) is 6. The average Bonchev–Trinajstić information content (AvgIpc) is 2.53. The van der Waals surface area contributed by atoms with Gasteiger partial charge in [0.05, 0.1) is 30.5 Å². The Morgan fingerprint density at radius 2 is 1.71 bits per heavy atom. The van der Waals surface area contributed by atoms with E-state index in [1.54, 1.807) is 18.2 Å². The number of halogens is 1. The van der Waals surface area contributed by atoms with Gasteiger partial charge in [-0.05, 0) is 39.7 Å². The van der Waals surface area contributed by atoms with E-state index in [1.807, 2.05) is 0 Å². The van der Waals surface area contributed by atoms with Crippen LogP contribution in [0.5, 0.6) is 17.2 Å². The smallest absolute Gasteiger partial charge is 0.306 e. The van der Waals surface area contributed by atoms with Gasteiger partial charge in [-0.25, -0.2) is 0 Å². The van der Waals surface area contributed by atoms with Crippen LogP contribution >= 0.6 is 15.9 Å². The maximum Gasteiger partial charge on any atom is 0.306 e. The molecule has 0 saturated carbocycles. The third kappa shape index (κ3) is 3.88. The first-order chi connectivity index (χ1) is 11.3. The Kier molecular flexibility index (Phi) is 5.51. The summed E-state index contributed by atoms with van der Waals surface area (Å²) in [5, 5.41) is 0. The minimum absolute atomic E-state index is 0.194. The normalized spacial score (nSPS) is 11.0. The van der Waals surface area contributed by atoms with E-state index in [-0.39, 0.29) is 5.75 Å². The van der Waals surface area contributed by atoms with Crippen LogP contribution in [0.4, 0.5) is 0 Å². The van der Waals surface area contributed by atoms with Crippen LogP contribution in [-0.2, 0) is 10.1 Å². The SMILES string of the molecule is COc1cc(-c2ccc(OS(C)(=O)=O)cc2)c(OC)c(C=O)c1Br. The molecule has 0 heterocycles. The number of aldehydes is 1. The van der Waals surface area contributed by atoms with E-state index in [0.29, 0.717) is 38.9 Å². The molecule has 0 saturated heterocycles. The minimum Gasteiger partial charge on any atom is -0.496 e. The van der Waals surface area contributed by atoms with Crippen LogP contribution in [0.3, 0.4) is 0 Å². The zero-order chi connectivity index (χ0) is 17.9. The molecule has 2 aromatic carbocycles. The Morgan fingerprint density at radius 1 is 1.08 bits per heavy atom. The molecular weight excluding hydrogens is 400 g/mol. The van der Waals surface area contributed by atoms with Crippen molar-refractivity contribution < 1.29 is 26.9 Å². The second kappa shape index (κ2) is 7.23. The molecule has 6 nitrogen and oxygen atoms in total. The fraction of sp³-hybridized carbons (Fsp3) is 0.188. The molecule has 0 radical (unpaired) electrons. The highest BCUT2D eigenvalue weighted by Crippen LogP contribution is 2.42. The van der Waals surface area contributed by atoms with Crippen molar-refractivity contribution >= 4 is 32.3 Å². The largest absolute Gasteiger partial charge is 0.496 e. The van der Waals surface area contributed by atoms with E-state index in [2.05, 4.69) is 15.9 Å². The summed E-state index contributed by atoms with van der Waals surface area (Å²) in [6, 6.07) is 8.10. The molecule has 0 atom stereocenters. The Labute approximate surface area is 148 Å². The van der Waals surface area contributed by atoms with E-state index in [9.17, 15) is 13.2 Å². The van der Waals surface area contributed by atoms with Crippen LogP contribution in [-0.4, -0.2) is 35.2 Å². The molecule has 2 rings (SSSR count). The highest BCUT2D eigenvalue weighted by atomic mass is 79.9. The van der Waals surface area contributed by atoms with Gasteiger partial charge < -0.3 is 13.7 Å². The van der Waals surface area contributed by atoms with Crippen LogP contribution in [0.1, 0.15) is 10.4 Å². The lowest BCUT2D eigenvalue weighted by Gasteiger charge is -2.15. The molecule has 0 aromatic heterocycles. The monoisotopic (exact) mass is 414 g/mol. The summed E-state index contributed by atoms with van der Waals surface area (Å²) < 4.78 is 38.3. The molecule has 8 heteroatoms. The molecule has 0 spiro atoms. The Balaban J connectivity index is 2.57. The number of methoxy groups -OCH3 is 2. The van der Waals surface area contributed by atoms with Crippen molar-refractivity contribution in [3.63, 3.8) is 0 Å². The molecule has 0 bridgehead atoms. The zero-order valence-electron chi connectivity index (χ0n) is 13.2. The fourth-order valence-corrected chi connectivity index (χ4v) is 3.20. The first kappa shape index (κ1) is 18.3. The van der Waals surface area contributed by atoms with Gasteiger partial charge in [-0.1, -0.05) is 12.1 Å². The predicted octanol–water partition coefficient (Wildman–Crippen LogP) is 3.28. The second-order valence-corrected chi connectivity index (χ2v) is 7.18. The molecule has 2 aromatic rings. The molecule has 0 unspecified atom stereocenters. The number of benzene rings is 2. The van der Waals surface area contributed by atoms with Gasteiger partial charge in [-0.15, -0.1) is 0 Å². The standard InChI is InChI=1S/C16H15BrO6S/c1-21-14-8-12(16(22-2)13(9-18)15(14)17)10-4-6-11(7-5-10)23-24(3,19)20/h4-9H,1-3H3. The van der Waals surface area contributed by atoms with Crippen molar-refractivity contribution in [2.75, 3.05) is 20.5 Å². The highest BCUT2D eigenvalue weighted by Gasteiger charge is 2.19. The molecule has 0 fully saturated rings. The lowest BCUT2D eigenvalue weighted by atomic mass is 10.0. The quantitative estimate of drug-likeness (QED) is 0.532. The van der Waals surface area contributed by atoms with Crippen molar-refractivity contribution in [1.82, 2.24) is 0 Å². The van der Waals surface area contributed by atoms with E-state index >= 15 is 0 Å². The predicted molar refractivity (Wildman–Crippen MR) is 93.5 cm³/mol. The van der Waals surface area contributed by atoms with E-state index in [0.717, 1.165) is 6.26 Å². The molecule has 0 aliphatic heterocycles. The van der Waals surface area contributed by atoms with E-state index < -0.39 is 10.1 Å². The maximum atomic E-state index is 11.4. The Morgan fingerprint density at radius 3 is 2.17 bits per heavy atom. The number of ether oxygens (including phenoxy) is 2. The number of hydrogen-bond donors (Lipinski definition) is 0. The number of carbonyl (C=O) groups excluding carboxylic acids is 1. The van der Waals surface area contributed by atoms with Crippen LogP contribution in [0, 0.1) is 0 Å². The highest BCUT2D eigenvalue weighted by molar-refractivity contribution is 9.10. The second-order valence-electron chi connectivity index (χ2n) is 4.82. The van der Waals surface area contributed by atoms with Crippen molar-refractivity contribution in [2.24, 2.45) is 0 Å². The summed E-state index contributed by atoms with van der Waals surface area (Å²) >= 11 is 3.32. The zero-order valence-corrected chi connectivity index (χ0v) is 15.6. The van der Waals surface area contributed by atoms with Gasteiger partial charge >= 0.3 is 10.1 Å². The Hall–Kier alpha value is -2.06. The summed E-state index contributed by atoms with van der Waals surface area (Å²) in [6.07, 6.45) is 1.65. The number of rotatable bonds is 6. The molecule has 0 aliphatic carbocycles. The molecule has 0 aliphatic rings. The van der Waals surface area contributed by atoms with Crippen LogP contribution in [0.15, 0.2) is 34.8 Å². The van der Waals surface area contributed by atoms with Gasteiger partial charge in [0.15, 0.2) is 6.29 Å². The van der Waals surface area contributed by atoms with Gasteiger partial charge in [-0.2, -0.15) is 8.42 Å².